The van der Waals surface area contributed by atoms with E-state index in [2.05, 4.69) is 30.9 Å². The molecule has 3 rings (SSSR count). The number of aromatic nitrogens is 2. The molecule has 278 valence electrons. The lowest BCUT2D eigenvalue weighted by Crippen LogP contribution is -2.55. The van der Waals surface area contributed by atoms with Gasteiger partial charge in [-0.15, -0.1) is 10.2 Å². The Bertz CT molecular complexity index is 1800. The van der Waals surface area contributed by atoms with Crippen LogP contribution in [0.2, 0.25) is 0 Å². The van der Waals surface area contributed by atoms with Gasteiger partial charge in [-0.25, -0.2) is 8.42 Å². The van der Waals surface area contributed by atoms with Crippen molar-refractivity contribution < 1.29 is 45.2 Å². The number of hydrogen-bond acceptors (Lipinski definition) is 9. The molecule has 0 fully saturated rings. The molecular formula is C34H43F3N6O7S. The smallest absolute Gasteiger partial charge is 0.414 e. The fourth-order valence-corrected chi connectivity index (χ4v) is 5.75. The molecule has 0 saturated heterocycles. The minimum Gasteiger partial charge on any atom is -0.414 e. The fraction of sp³-hybridized carbons (Fsp3) is 0.471. The molecule has 3 amide bonds. The monoisotopic (exact) mass is 736 g/mol. The first-order valence-electron chi connectivity index (χ1n) is 16.1. The van der Waals surface area contributed by atoms with E-state index < -0.39 is 75.7 Å². The van der Waals surface area contributed by atoms with Crippen molar-refractivity contribution in [3.63, 3.8) is 0 Å². The van der Waals surface area contributed by atoms with E-state index in [1.807, 2.05) is 20.8 Å². The first kappa shape index (κ1) is 40.8. The van der Waals surface area contributed by atoms with Gasteiger partial charge in [-0.2, -0.15) is 17.9 Å². The van der Waals surface area contributed by atoms with E-state index in [4.69, 9.17) is 4.42 Å². The Morgan fingerprint density at radius 3 is 2.00 bits per heavy atom. The summed E-state index contributed by atoms with van der Waals surface area (Å²) in [5.74, 6) is -4.01. The van der Waals surface area contributed by atoms with Gasteiger partial charge in [0, 0.05) is 12.1 Å². The molecule has 13 nitrogen and oxygen atoms in total. The standard InChI is InChI=1S/C34H43F3N6O7S/c1-19(2)16-25(28(45)32-42-41-31(50-32)22-10-12-23(13-11-22)34(35,36)37)40-29(46)21(4)39-30(47)26(17-27(44)38-18-33(5,6)7)43-51(48,49)24-14-8-20(3)9-15-24/h8-15,19,21,25-26,43H,16-18H2,1-7H3,(H,38,44)(H,39,47)(H,40,46)/t21-,25-,26-/m0/s1. The Balaban J connectivity index is 1.76. The van der Waals surface area contributed by atoms with Crippen LogP contribution in [0.5, 0.6) is 0 Å². The van der Waals surface area contributed by atoms with E-state index >= 15 is 0 Å². The Labute approximate surface area is 294 Å². The van der Waals surface area contributed by atoms with Gasteiger partial charge in [-0.05, 0) is 68.0 Å². The third-order valence-electron chi connectivity index (χ3n) is 7.34. The summed E-state index contributed by atoms with van der Waals surface area (Å²) in [6.45, 7) is 12.5. The highest BCUT2D eigenvalue weighted by molar-refractivity contribution is 7.89. The van der Waals surface area contributed by atoms with Crippen molar-refractivity contribution in [1.82, 2.24) is 30.9 Å². The van der Waals surface area contributed by atoms with Crippen molar-refractivity contribution in [3.8, 4) is 11.5 Å². The number of halogens is 3. The van der Waals surface area contributed by atoms with Gasteiger partial charge >= 0.3 is 6.18 Å². The number of nitrogens with one attached hydrogen (secondary N) is 4. The van der Waals surface area contributed by atoms with Gasteiger partial charge in [0.1, 0.15) is 12.1 Å². The molecule has 51 heavy (non-hydrogen) atoms. The summed E-state index contributed by atoms with van der Waals surface area (Å²) in [5.41, 5.74) is -0.245. The Morgan fingerprint density at radius 2 is 1.45 bits per heavy atom. The number of benzene rings is 2. The Morgan fingerprint density at radius 1 is 0.843 bits per heavy atom. The van der Waals surface area contributed by atoms with Crippen LogP contribution in [0, 0.1) is 18.3 Å². The van der Waals surface area contributed by atoms with Gasteiger partial charge in [0.15, 0.2) is 0 Å². The normalized spacial score (nSPS) is 14.0. The minimum atomic E-state index is -4.55. The summed E-state index contributed by atoms with van der Waals surface area (Å²) >= 11 is 0. The maximum absolute atomic E-state index is 13.4. The van der Waals surface area contributed by atoms with Gasteiger partial charge in [0.2, 0.25) is 39.4 Å². The third-order valence-corrected chi connectivity index (χ3v) is 8.83. The Hall–Kier alpha value is -4.64. The Kier molecular flexibility index (Phi) is 13.3. The average molecular weight is 737 g/mol. The number of ketones is 1. The van der Waals surface area contributed by atoms with Crippen molar-refractivity contribution in [2.24, 2.45) is 11.3 Å². The third kappa shape index (κ3) is 12.3. The topological polar surface area (TPSA) is 189 Å². The van der Waals surface area contributed by atoms with E-state index in [0.29, 0.717) is 0 Å². The largest absolute Gasteiger partial charge is 0.416 e. The summed E-state index contributed by atoms with van der Waals surface area (Å²) in [6, 6.07) is 5.61. The predicted molar refractivity (Wildman–Crippen MR) is 180 cm³/mol. The molecule has 17 heteroatoms. The van der Waals surface area contributed by atoms with Crippen molar-refractivity contribution in [3.05, 3.63) is 65.5 Å². The van der Waals surface area contributed by atoms with Gasteiger partial charge in [0.25, 0.3) is 5.89 Å². The lowest BCUT2D eigenvalue weighted by Gasteiger charge is -2.24. The molecule has 0 bridgehead atoms. The summed E-state index contributed by atoms with van der Waals surface area (Å²) in [4.78, 5) is 52.8. The van der Waals surface area contributed by atoms with E-state index in [-0.39, 0.29) is 40.6 Å². The highest BCUT2D eigenvalue weighted by atomic mass is 32.2. The van der Waals surface area contributed by atoms with E-state index in [1.54, 1.807) is 32.9 Å². The second kappa shape index (κ2) is 16.6. The summed E-state index contributed by atoms with van der Waals surface area (Å²) in [5, 5.41) is 15.1. The maximum Gasteiger partial charge on any atom is 0.416 e. The minimum absolute atomic E-state index is 0.107. The van der Waals surface area contributed by atoms with Crippen LogP contribution in [0.1, 0.15) is 76.2 Å². The molecule has 1 aromatic heterocycles. The highest BCUT2D eigenvalue weighted by Crippen LogP contribution is 2.31. The van der Waals surface area contributed by atoms with Crippen molar-refractivity contribution >= 4 is 33.5 Å². The molecule has 4 N–H and O–H groups in total. The number of nitrogens with zero attached hydrogens (tertiary/aromatic N) is 2. The van der Waals surface area contributed by atoms with Crippen LogP contribution in [-0.2, 0) is 30.6 Å². The molecule has 0 spiro atoms. The maximum atomic E-state index is 13.4. The fourth-order valence-electron chi connectivity index (χ4n) is 4.55. The molecule has 0 unspecified atom stereocenters. The number of carbonyl (C=O) groups excluding carboxylic acids is 4. The number of rotatable bonds is 15. The number of hydrogen-bond donors (Lipinski definition) is 4. The molecule has 0 aliphatic heterocycles. The zero-order valence-corrected chi connectivity index (χ0v) is 30.2. The second-order valence-electron chi connectivity index (χ2n) is 13.8. The van der Waals surface area contributed by atoms with Gasteiger partial charge < -0.3 is 20.4 Å². The number of amides is 3. The van der Waals surface area contributed by atoms with Gasteiger partial charge in [0.05, 0.1) is 22.9 Å². The zero-order chi connectivity index (χ0) is 38.3. The van der Waals surface area contributed by atoms with Crippen LogP contribution in [0.3, 0.4) is 0 Å². The summed E-state index contributed by atoms with van der Waals surface area (Å²) in [7, 11) is -4.28. The number of carbonyl (C=O) groups is 4. The van der Waals surface area contributed by atoms with E-state index in [0.717, 1.165) is 29.8 Å². The van der Waals surface area contributed by atoms with E-state index in [1.165, 1.54) is 19.1 Å². The summed E-state index contributed by atoms with van der Waals surface area (Å²) in [6.07, 6.45) is -5.02. The quantitative estimate of drug-likeness (QED) is 0.166. The molecule has 3 aromatic rings. The number of Topliss-reactive ketones (excluding diaryl/α,β-unsaturated/α-hetero) is 1. The number of aryl methyl sites for hydroxylation is 1. The molecule has 2 aromatic carbocycles. The van der Waals surface area contributed by atoms with Crippen molar-refractivity contribution in [2.75, 3.05) is 6.54 Å². The molecule has 1 heterocycles. The highest BCUT2D eigenvalue weighted by Gasteiger charge is 2.34. The molecule has 0 aliphatic carbocycles. The number of alkyl halides is 3. The van der Waals surface area contributed by atoms with Crippen LogP contribution in [0.15, 0.2) is 57.8 Å². The predicted octanol–water partition coefficient (Wildman–Crippen LogP) is 4.18. The first-order valence-corrected chi connectivity index (χ1v) is 17.6. The van der Waals surface area contributed by atoms with E-state index in [9.17, 15) is 40.8 Å². The van der Waals surface area contributed by atoms with Crippen LogP contribution in [0.25, 0.3) is 11.5 Å². The van der Waals surface area contributed by atoms with Crippen molar-refractivity contribution in [2.45, 2.75) is 90.5 Å². The molecule has 0 radical (unpaired) electrons. The molecular weight excluding hydrogens is 693 g/mol. The lowest BCUT2D eigenvalue weighted by molar-refractivity contribution is -0.137. The average Bonchev–Trinajstić information content (AvgIpc) is 3.52. The molecule has 0 saturated carbocycles. The first-order chi connectivity index (χ1) is 23.6. The summed E-state index contributed by atoms with van der Waals surface area (Å²) < 4.78 is 72.9. The van der Waals surface area contributed by atoms with Gasteiger partial charge in [-0.3, -0.25) is 19.2 Å². The zero-order valence-electron chi connectivity index (χ0n) is 29.3. The van der Waals surface area contributed by atoms with Crippen molar-refractivity contribution in [1.29, 1.82) is 0 Å². The van der Waals surface area contributed by atoms with Gasteiger partial charge in [-0.1, -0.05) is 52.3 Å². The van der Waals surface area contributed by atoms with Crippen LogP contribution < -0.4 is 20.7 Å². The second-order valence-corrected chi connectivity index (χ2v) is 15.5. The lowest BCUT2D eigenvalue weighted by atomic mass is 9.97. The molecule has 3 atom stereocenters. The SMILES string of the molecule is Cc1ccc(S(=O)(=O)N[C@@H](CC(=O)NCC(C)(C)C)C(=O)N[C@@H](C)C(=O)N[C@@H](CC(C)C)C(=O)c2nnc(-c3ccc(C(F)(F)F)cc3)o2)cc1. The van der Waals surface area contributed by atoms with Crippen LogP contribution in [0.4, 0.5) is 13.2 Å². The number of sulfonamides is 1. The van der Waals surface area contributed by atoms with Crippen LogP contribution in [-0.4, -0.2) is 66.8 Å². The van der Waals surface area contributed by atoms with Crippen LogP contribution >= 0.6 is 0 Å². The molecule has 0 aliphatic rings.